The van der Waals surface area contributed by atoms with Gasteiger partial charge in [0.1, 0.15) is 5.75 Å². The van der Waals surface area contributed by atoms with E-state index in [0.29, 0.717) is 0 Å². The third-order valence-corrected chi connectivity index (χ3v) is 2.86. The minimum Gasteiger partial charge on any atom is -0.496 e. The third-order valence-electron chi connectivity index (χ3n) is 2.24. The van der Waals surface area contributed by atoms with Gasteiger partial charge in [0.25, 0.3) is 0 Å². The van der Waals surface area contributed by atoms with Crippen molar-refractivity contribution in [3.8, 4) is 5.75 Å². The van der Waals surface area contributed by atoms with Crippen molar-refractivity contribution in [2.75, 3.05) is 13.7 Å². The summed E-state index contributed by atoms with van der Waals surface area (Å²) >= 11 is 3.40. The highest BCUT2D eigenvalue weighted by molar-refractivity contribution is 9.10. The van der Waals surface area contributed by atoms with Crippen molar-refractivity contribution in [3.05, 3.63) is 28.2 Å². The maximum absolute atomic E-state index is 11.1. The van der Waals surface area contributed by atoms with Crippen LogP contribution in [-0.2, 0) is 4.79 Å². The summed E-state index contributed by atoms with van der Waals surface area (Å²) < 4.78 is 5.99. The third kappa shape index (κ3) is 4.53. The fourth-order valence-electron chi connectivity index (χ4n) is 1.34. The zero-order valence-corrected chi connectivity index (χ0v) is 12.1. The van der Waals surface area contributed by atoms with Crippen molar-refractivity contribution in [1.29, 1.82) is 0 Å². The van der Waals surface area contributed by atoms with Gasteiger partial charge in [-0.2, -0.15) is 0 Å². The number of methoxy groups -OCH3 is 1. The van der Waals surface area contributed by atoms with E-state index in [1.807, 2.05) is 25.1 Å². The first-order chi connectivity index (χ1) is 7.58. The van der Waals surface area contributed by atoms with E-state index >= 15 is 0 Å². The van der Waals surface area contributed by atoms with Crippen LogP contribution in [0.5, 0.6) is 5.75 Å². The van der Waals surface area contributed by atoms with Crippen LogP contribution in [0.1, 0.15) is 18.5 Å². The van der Waals surface area contributed by atoms with Crippen molar-refractivity contribution in [2.24, 2.45) is 5.73 Å². The fourth-order valence-corrected chi connectivity index (χ4v) is 1.89. The van der Waals surface area contributed by atoms with E-state index in [-0.39, 0.29) is 30.9 Å². The number of rotatable bonds is 4. The predicted molar refractivity (Wildman–Crippen MR) is 73.6 cm³/mol. The molecule has 1 atom stereocenters. The molecule has 1 aromatic rings. The predicted octanol–water partition coefficient (Wildman–Crippen LogP) is 2.02. The highest BCUT2D eigenvalue weighted by atomic mass is 79.9. The molecule has 1 rings (SSSR count). The number of ether oxygens (including phenoxy) is 1. The van der Waals surface area contributed by atoms with Gasteiger partial charge in [-0.3, -0.25) is 4.79 Å². The summed E-state index contributed by atoms with van der Waals surface area (Å²) in [7, 11) is 1.61. The molecule has 0 aliphatic rings. The largest absolute Gasteiger partial charge is 0.496 e. The molecule has 6 heteroatoms. The Kier molecular flexibility index (Phi) is 7.18. The van der Waals surface area contributed by atoms with Crippen LogP contribution in [0.2, 0.25) is 0 Å². The number of benzene rings is 1. The summed E-state index contributed by atoms with van der Waals surface area (Å²) in [6.45, 7) is 1.91. The molecule has 1 amide bonds. The van der Waals surface area contributed by atoms with E-state index in [9.17, 15) is 4.79 Å². The molecule has 0 bridgehead atoms. The molecule has 0 fully saturated rings. The summed E-state index contributed by atoms with van der Waals surface area (Å²) in [4.78, 5) is 11.1. The van der Waals surface area contributed by atoms with E-state index < -0.39 is 0 Å². The van der Waals surface area contributed by atoms with Gasteiger partial charge in [-0.05, 0) is 40.5 Å². The second-order valence-corrected chi connectivity index (χ2v) is 4.24. The average Bonchev–Trinajstić information content (AvgIpc) is 2.28. The Bertz CT molecular complexity index is 388. The summed E-state index contributed by atoms with van der Waals surface area (Å²) in [6.07, 6.45) is 0. The Labute approximate surface area is 115 Å². The summed E-state index contributed by atoms with van der Waals surface area (Å²) in [5, 5.41) is 2.78. The van der Waals surface area contributed by atoms with Crippen molar-refractivity contribution in [3.63, 3.8) is 0 Å². The first kappa shape index (κ1) is 16.2. The van der Waals surface area contributed by atoms with Crippen molar-refractivity contribution < 1.29 is 9.53 Å². The molecule has 0 heterocycles. The maximum atomic E-state index is 11.1. The maximum Gasteiger partial charge on any atom is 0.234 e. The van der Waals surface area contributed by atoms with E-state index in [4.69, 9.17) is 10.5 Å². The Morgan fingerprint density at radius 2 is 2.24 bits per heavy atom. The van der Waals surface area contributed by atoms with Crippen LogP contribution in [0.25, 0.3) is 0 Å². The molecule has 4 nitrogen and oxygen atoms in total. The second-order valence-electron chi connectivity index (χ2n) is 3.39. The molecular weight excluding hydrogens is 307 g/mol. The number of hydrogen-bond acceptors (Lipinski definition) is 3. The lowest BCUT2D eigenvalue weighted by atomic mass is 10.1. The van der Waals surface area contributed by atoms with Gasteiger partial charge in [0.05, 0.1) is 24.2 Å². The summed E-state index contributed by atoms with van der Waals surface area (Å²) in [5.74, 6) is 0.598. The molecule has 0 spiro atoms. The zero-order valence-electron chi connectivity index (χ0n) is 9.70. The molecule has 1 unspecified atom stereocenters. The molecule has 0 aromatic heterocycles. The molecule has 1 aromatic carbocycles. The van der Waals surface area contributed by atoms with Crippen LogP contribution in [0.3, 0.4) is 0 Å². The summed E-state index contributed by atoms with van der Waals surface area (Å²) in [6, 6.07) is 5.61. The van der Waals surface area contributed by atoms with Crippen LogP contribution >= 0.6 is 28.3 Å². The van der Waals surface area contributed by atoms with Gasteiger partial charge in [-0.15, -0.1) is 12.4 Å². The molecule has 17 heavy (non-hydrogen) atoms. The van der Waals surface area contributed by atoms with Gasteiger partial charge in [-0.25, -0.2) is 0 Å². The first-order valence-corrected chi connectivity index (χ1v) is 5.70. The lowest BCUT2D eigenvalue weighted by Gasteiger charge is -2.15. The van der Waals surface area contributed by atoms with Crippen molar-refractivity contribution in [2.45, 2.75) is 13.0 Å². The molecule has 0 aliphatic carbocycles. The number of carbonyl (C=O) groups is 1. The highest BCUT2D eigenvalue weighted by Gasteiger charge is 2.10. The normalized spacial score (nSPS) is 11.3. The van der Waals surface area contributed by atoms with Crippen LogP contribution in [0.15, 0.2) is 22.7 Å². The zero-order chi connectivity index (χ0) is 12.1. The van der Waals surface area contributed by atoms with Gasteiger partial charge in [0.15, 0.2) is 0 Å². The smallest absolute Gasteiger partial charge is 0.234 e. The molecule has 0 saturated heterocycles. The molecule has 0 aliphatic heterocycles. The van der Waals surface area contributed by atoms with Gasteiger partial charge in [0.2, 0.25) is 5.91 Å². The number of amides is 1. The molecule has 96 valence electrons. The number of carbonyl (C=O) groups excluding carboxylic acids is 1. The molecule has 0 saturated carbocycles. The summed E-state index contributed by atoms with van der Waals surface area (Å²) in [5.41, 5.74) is 6.23. The monoisotopic (exact) mass is 322 g/mol. The Morgan fingerprint density at radius 1 is 1.59 bits per heavy atom. The number of halogens is 2. The number of nitrogens with one attached hydrogen (secondary N) is 1. The minimum absolute atomic E-state index is 0. The van der Waals surface area contributed by atoms with E-state index in [2.05, 4.69) is 21.2 Å². The number of hydrogen-bond donors (Lipinski definition) is 2. The van der Waals surface area contributed by atoms with Crippen LogP contribution < -0.4 is 15.8 Å². The van der Waals surface area contributed by atoms with Gasteiger partial charge in [0, 0.05) is 0 Å². The Morgan fingerprint density at radius 3 is 2.71 bits per heavy atom. The van der Waals surface area contributed by atoms with Gasteiger partial charge in [-0.1, -0.05) is 6.07 Å². The quantitative estimate of drug-likeness (QED) is 0.891. The molecule has 0 radical (unpaired) electrons. The van der Waals surface area contributed by atoms with E-state index in [1.165, 1.54) is 0 Å². The standard InChI is InChI=1S/C11H15BrN2O2.ClH/c1-7(14-11(15)6-13)8-3-4-10(16-2)9(12)5-8;/h3-5,7H,6,13H2,1-2H3,(H,14,15);1H. The highest BCUT2D eigenvalue weighted by Crippen LogP contribution is 2.27. The van der Waals surface area contributed by atoms with Gasteiger partial charge >= 0.3 is 0 Å². The fraction of sp³-hybridized carbons (Fsp3) is 0.364. The SMILES string of the molecule is COc1ccc(C(C)NC(=O)CN)cc1Br.Cl. The Balaban J connectivity index is 0.00000256. The van der Waals surface area contributed by atoms with E-state index in [0.717, 1.165) is 15.8 Å². The topological polar surface area (TPSA) is 64.3 Å². The minimum atomic E-state index is -0.167. The lowest BCUT2D eigenvalue weighted by molar-refractivity contribution is -0.120. The lowest BCUT2D eigenvalue weighted by Crippen LogP contribution is -2.32. The number of nitrogens with two attached hydrogens (primary N) is 1. The Hall–Kier alpha value is -0.780. The van der Waals surface area contributed by atoms with Crippen molar-refractivity contribution in [1.82, 2.24) is 5.32 Å². The van der Waals surface area contributed by atoms with E-state index in [1.54, 1.807) is 7.11 Å². The van der Waals surface area contributed by atoms with Crippen LogP contribution in [0.4, 0.5) is 0 Å². The van der Waals surface area contributed by atoms with Crippen molar-refractivity contribution >= 4 is 34.2 Å². The molecule has 3 N–H and O–H groups in total. The van der Waals surface area contributed by atoms with Gasteiger partial charge < -0.3 is 15.8 Å². The average molecular weight is 324 g/mol. The first-order valence-electron chi connectivity index (χ1n) is 4.91. The van der Waals surface area contributed by atoms with Crippen LogP contribution in [0, 0.1) is 0 Å². The molecular formula is C11H16BrClN2O2. The van der Waals surface area contributed by atoms with Crippen LogP contribution in [-0.4, -0.2) is 19.6 Å². The second kappa shape index (κ2) is 7.53.